The molecule has 5 nitrogen and oxygen atoms in total. The second-order valence-corrected chi connectivity index (χ2v) is 6.12. The highest BCUT2D eigenvalue weighted by molar-refractivity contribution is 5.93. The van der Waals surface area contributed by atoms with E-state index in [0.717, 1.165) is 18.7 Å². The van der Waals surface area contributed by atoms with Crippen LogP contribution in [-0.2, 0) is 17.8 Å². The van der Waals surface area contributed by atoms with Gasteiger partial charge in [0.2, 0.25) is 5.91 Å². The molecule has 3 rings (SSSR count). The number of aryl methyl sites for hydroxylation is 2. The molecule has 2 amide bonds. The molecule has 5 heteroatoms. The van der Waals surface area contributed by atoms with Crippen LogP contribution in [0.5, 0.6) is 0 Å². The number of carbonyl (C=O) groups excluding carboxylic acids is 2. The van der Waals surface area contributed by atoms with Crippen LogP contribution in [-0.4, -0.2) is 52.4 Å². The minimum atomic E-state index is 0.0521. The maximum absolute atomic E-state index is 12.8. The lowest BCUT2D eigenvalue weighted by atomic mass is 10.1. The van der Waals surface area contributed by atoms with Gasteiger partial charge in [0.05, 0.1) is 0 Å². The number of benzene rings is 1. The van der Waals surface area contributed by atoms with Gasteiger partial charge in [0.25, 0.3) is 5.91 Å². The molecule has 0 atom stereocenters. The van der Waals surface area contributed by atoms with Crippen LogP contribution < -0.4 is 0 Å². The van der Waals surface area contributed by atoms with Crippen LogP contribution in [0.15, 0.2) is 48.7 Å². The van der Waals surface area contributed by atoms with Crippen LogP contribution in [0, 0.1) is 0 Å². The zero-order chi connectivity index (χ0) is 16.9. The van der Waals surface area contributed by atoms with E-state index >= 15 is 0 Å². The lowest BCUT2D eigenvalue weighted by Gasteiger charge is -2.34. The smallest absolute Gasteiger partial charge is 0.270 e. The van der Waals surface area contributed by atoms with Crippen LogP contribution in [0.4, 0.5) is 0 Å². The summed E-state index contributed by atoms with van der Waals surface area (Å²) in [5, 5.41) is 0. The fourth-order valence-corrected chi connectivity index (χ4v) is 3.08. The molecule has 1 aliphatic heterocycles. The van der Waals surface area contributed by atoms with Crippen molar-refractivity contribution in [2.45, 2.75) is 19.9 Å². The number of aromatic nitrogens is 1. The molecular weight excluding hydrogens is 302 g/mol. The second-order valence-electron chi connectivity index (χ2n) is 6.12. The van der Waals surface area contributed by atoms with Crippen molar-refractivity contribution in [2.75, 3.05) is 26.2 Å². The quantitative estimate of drug-likeness (QED) is 0.863. The number of amides is 2. The average molecular weight is 325 g/mol. The highest BCUT2D eigenvalue weighted by Gasteiger charge is 2.24. The first-order valence-electron chi connectivity index (χ1n) is 8.39. The monoisotopic (exact) mass is 325 g/mol. The minimum Gasteiger partial charge on any atom is -0.343 e. The molecule has 1 aromatic carbocycles. The van der Waals surface area contributed by atoms with Crippen molar-refractivity contribution in [1.82, 2.24) is 14.4 Å². The largest absolute Gasteiger partial charge is 0.343 e. The molecule has 0 unspecified atom stereocenters. The van der Waals surface area contributed by atoms with Gasteiger partial charge in [-0.3, -0.25) is 9.59 Å². The Morgan fingerprint density at radius 2 is 1.58 bits per heavy atom. The van der Waals surface area contributed by atoms with E-state index in [-0.39, 0.29) is 11.8 Å². The van der Waals surface area contributed by atoms with Crippen molar-refractivity contribution in [3.05, 3.63) is 59.9 Å². The predicted octanol–water partition coefficient (Wildman–Crippen LogP) is 2.04. The molecule has 0 spiro atoms. The maximum atomic E-state index is 12.8. The lowest BCUT2D eigenvalue weighted by Crippen LogP contribution is -2.50. The van der Waals surface area contributed by atoms with Gasteiger partial charge in [0.1, 0.15) is 5.69 Å². The highest BCUT2D eigenvalue weighted by atomic mass is 16.2. The Hall–Kier alpha value is -2.56. The van der Waals surface area contributed by atoms with Crippen molar-refractivity contribution in [3.63, 3.8) is 0 Å². The summed E-state index contributed by atoms with van der Waals surface area (Å²) in [6.07, 6.45) is 2.86. The summed E-state index contributed by atoms with van der Waals surface area (Å²) < 4.78 is 2.02. The summed E-state index contributed by atoms with van der Waals surface area (Å²) in [6.45, 7) is 4.79. The van der Waals surface area contributed by atoms with Gasteiger partial charge in [-0.15, -0.1) is 0 Å². The van der Waals surface area contributed by atoms with Crippen LogP contribution >= 0.6 is 0 Å². The molecule has 0 radical (unpaired) electrons. The van der Waals surface area contributed by atoms with Gasteiger partial charge >= 0.3 is 0 Å². The Balaban J connectivity index is 1.62. The summed E-state index contributed by atoms with van der Waals surface area (Å²) >= 11 is 0. The van der Waals surface area contributed by atoms with Crippen molar-refractivity contribution >= 4 is 11.8 Å². The first kappa shape index (κ1) is 16.3. The maximum Gasteiger partial charge on any atom is 0.270 e. The molecule has 0 saturated carbocycles. The normalized spacial score (nSPS) is 14.7. The van der Waals surface area contributed by atoms with E-state index in [9.17, 15) is 9.59 Å². The summed E-state index contributed by atoms with van der Waals surface area (Å²) in [5.74, 6) is 0.129. The number of carbonyl (C=O) groups is 2. The van der Waals surface area contributed by atoms with E-state index in [1.54, 1.807) is 11.8 Å². The van der Waals surface area contributed by atoms with E-state index in [4.69, 9.17) is 0 Å². The van der Waals surface area contributed by atoms with Gasteiger partial charge in [-0.2, -0.15) is 0 Å². The predicted molar refractivity (Wildman–Crippen MR) is 92.7 cm³/mol. The first-order valence-corrected chi connectivity index (χ1v) is 8.39. The average Bonchev–Trinajstić information content (AvgIpc) is 3.09. The van der Waals surface area contributed by atoms with Crippen LogP contribution in [0.1, 0.15) is 23.0 Å². The molecule has 2 heterocycles. The third-order valence-corrected chi connectivity index (χ3v) is 4.55. The number of piperazine rings is 1. The Morgan fingerprint density at radius 1 is 0.917 bits per heavy atom. The van der Waals surface area contributed by atoms with Crippen molar-refractivity contribution in [1.29, 1.82) is 0 Å². The SMILES string of the molecule is CC(=O)N1CCN(C(=O)c2cccn2CCc2ccccc2)CC1. The van der Waals surface area contributed by atoms with Crippen molar-refractivity contribution in [3.8, 4) is 0 Å². The van der Waals surface area contributed by atoms with Gasteiger partial charge in [0, 0.05) is 45.8 Å². The van der Waals surface area contributed by atoms with Crippen LogP contribution in [0.3, 0.4) is 0 Å². The molecular formula is C19H23N3O2. The third kappa shape index (κ3) is 3.67. The van der Waals surface area contributed by atoms with E-state index in [2.05, 4.69) is 12.1 Å². The molecule has 1 aliphatic rings. The fourth-order valence-electron chi connectivity index (χ4n) is 3.08. The van der Waals surface area contributed by atoms with E-state index in [1.807, 2.05) is 46.0 Å². The lowest BCUT2D eigenvalue weighted by molar-refractivity contribution is -0.130. The zero-order valence-electron chi connectivity index (χ0n) is 14.0. The molecule has 0 aliphatic carbocycles. The van der Waals surface area contributed by atoms with Crippen LogP contribution in [0.25, 0.3) is 0 Å². The molecule has 1 aromatic heterocycles. The van der Waals surface area contributed by atoms with Gasteiger partial charge in [0.15, 0.2) is 0 Å². The molecule has 24 heavy (non-hydrogen) atoms. The number of hydrogen-bond donors (Lipinski definition) is 0. The van der Waals surface area contributed by atoms with Crippen LogP contribution in [0.2, 0.25) is 0 Å². The Morgan fingerprint density at radius 3 is 2.25 bits per heavy atom. The van der Waals surface area contributed by atoms with E-state index in [1.165, 1.54) is 5.56 Å². The molecule has 0 bridgehead atoms. The molecule has 2 aromatic rings. The van der Waals surface area contributed by atoms with Gasteiger partial charge in [-0.25, -0.2) is 0 Å². The third-order valence-electron chi connectivity index (χ3n) is 4.55. The van der Waals surface area contributed by atoms with Gasteiger partial charge < -0.3 is 14.4 Å². The zero-order valence-corrected chi connectivity index (χ0v) is 14.0. The van der Waals surface area contributed by atoms with E-state index in [0.29, 0.717) is 26.2 Å². The summed E-state index contributed by atoms with van der Waals surface area (Å²) in [7, 11) is 0. The number of nitrogens with zero attached hydrogens (tertiary/aromatic N) is 3. The van der Waals surface area contributed by atoms with Crippen molar-refractivity contribution < 1.29 is 9.59 Å². The standard InChI is InChI=1S/C19H23N3O2/c1-16(23)20-12-14-22(15-13-20)19(24)18-8-5-10-21(18)11-9-17-6-3-2-4-7-17/h2-8,10H,9,11-15H2,1H3. The molecule has 1 saturated heterocycles. The Labute approximate surface area is 142 Å². The Bertz CT molecular complexity index is 700. The highest BCUT2D eigenvalue weighted by Crippen LogP contribution is 2.12. The summed E-state index contributed by atoms with van der Waals surface area (Å²) in [5.41, 5.74) is 1.99. The summed E-state index contributed by atoms with van der Waals surface area (Å²) in [4.78, 5) is 27.8. The Kier molecular flexibility index (Phi) is 4.99. The number of rotatable bonds is 4. The fraction of sp³-hybridized carbons (Fsp3) is 0.368. The molecule has 0 N–H and O–H groups in total. The first-order chi connectivity index (χ1) is 11.6. The minimum absolute atomic E-state index is 0.0521. The summed E-state index contributed by atoms with van der Waals surface area (Å²) in [6, 6.07) is 14.1. The number of hydrogen-bond acceptors (Lipinski definition) is 2. The second kappa shape index (κ2) is 7.34. The van der Waals surface area contributed by atoms with Crippen molar-refractivity contribution in [2.24, 2.45) is 0 Å². The topological polar surface area (TPSA) is 45.6 Å². The van der Waals surface area contributed by atoms with Gasteiger partial charge in [-0.1, -0.05) is 30.3 Å². The molecule has 126 valence electrons. The molecule has 1 fully saturated rings. The van der Waals surface area contributed by atoms with E-state index < -0.39 is 0 Å². The van der Waals surface area contributed by atoms with Gasteiger partial charge in [-0.05, 0) is 24.1 Å².